The maximum absolute atomic E-state index is 5.33. The summed E-state index contributed by atoms with van der Waals surface area (Å²) in [5.74, 6) is 1.46. The monoisotopic (exact) mass is 640 g/mol. The first-order valence-corrected chi connectivity index (χ1v) is 16.8. The molecule has 6 aromatic carbocycles. The number of aromatic nitrogens is 6. The highest BCUT2D eigenvalue weighted by Gasteiger charge is 2.19. The van der Waals surface area contributed by atoms with Crippen molar-refractivity contribution in [1.29, 1.82) is 0 Å². The van der Waals surface area contributed by atoms with E-state index in [0.717, 1.165) is 44.6 Å². The molecule has 0 fully saturated rings. The molecule has 5 aromatic heterocycles. The first-order chi connectivity index (χ1) is 24.8. The average molecular weight is 641 g/mol. The lowest BCUT2D eigenvalue weighted by Gasteiger charge is -2.11. The van der Waals surface area contributed by atoms with Crippen LogP contribution in [0.25, 0.3) is 88.6 Å². The average Bonchev–Trinajstić information content (AvgIpc) is 3.94. The van der Waals surface area contributed by atoms with E-state index in [2.05, 4.69) is 176 Å². The molecule has 0 aliphatic heterocycles. The lowest BCUT2D eigenvalue weighted by atomic mass is 10.1. The fraction of sp³-hybridized carbons (Fsp3) is 0. The number of fused-ring (bicyclic) bond motifs is 8. The van der Waals surface area contributed by atoms with Gasteiger partial charge >= 0.3 is 0 Å². The maximum atomic E-state index is 5.33. The molecule has 0 radical (unpaired) electrons. The van der Waals surface area contributed by atoms with Gasteiger partial charge in [-0.25, -0.2) is 4.98 Å². The zero-order valence-electron chi connectivity index (χ0n) is 26.8. The highest BCUT2D eigenvalue weighted by Crippen LogP contribution is 2.37. The Kier molecular flexibility index (Phi) is 5.57. The van der Waals surface area contributed by atoms with E-state index in [0.29, 0.717) is 5.95 Å². The standard InChI is InChI=1S/C44H28N6/c1-3-11-31(12-4-1)47-23-20-29-25-41-35(27-39(29)47)33-15-7-9-17-37(33)49(41)43-19-22-45-44(46-43)50-38-18-10-8-16-34(38)36-28-40-30(26-42(36)50)21-24-48(40)32-13-5-2-6-14-32/h1-28H. The number of nitrogens with zero attached hydrogens (tertiary/aromatic N) is 6. The van der Waals surface area contributed by atoms with Crippen molar-refractivity contribution in [2.45, 2.75) is 0 Å². The van der Waals surface area contributed by atoms with Crippen molar-refractivity contribution >= 4 is 65.4 Å². The number of hydrogen-bond acceptors (Lipinski definition) is 2. The predicted octanol–water partition coefficient (Wildman–Crippen LogP) is 10.6. The van der Waals surface area contributed by atoms with Crippen molar-refractivity contribution in [2.24, 2.45) is 0 Å². The molecular formula is C44H28N6. The minimum atomic E-state index is 0.637. The molecule has 0 saturated heterocycles. The zero-order valence-corrected chi connectivity index (χ0v) is 26.8. The molecule has 0 saturated carbocycles. The molecule has 0 aliphatic carbocycles. The van der Waals surface area contributed by atoms with Gasteiger partial charge in [-0.05, 0) is 78.9 Å². The molecule has 0 atom stereocenters. The molecular weight excluding hydrogens is 613 g/mol. The lowest BCUT2D eigenvalue weighted by molar-refractivity contribution is 0.949. The Labute approximate surface area is 286 Å². The Hall–Kier alpha value is -6.92. The number of hydrogen-bond donors (Lipinski definition) is 0. The first kappa shape index (κ1) is 27.1. The Morgan fingerprint density at radius 1 is 0.380 bits per heavy atom. The van der Waals surface area contributed by atoms with Crippen LogP contribution in [0.3, 0.4) is 0 Å². The summed E-state index contributed by atoms with van der Waals surface area (Å²) in [5.41, 5.74) is 9.00. The Balaban J connectivity index is 1.14. The van der Waals surface area contributed by atoms with Gasteiger partial charge in [0.1, 0.15) is 5.82 Å². The molecule has 0 spiro atoms. The van der Waals surface area contributed by atoms with Gasteiger partial charge in [-0.2, -0.15) is 4.98 Å². The van der Waals surface area contributed by atoms with Gasteiger partial charge in [0, 0.05) is 62.3 Å². The van der Waals surface area contributed by atoms with Gasteiger partial charge in [0.15, 0.2) is 0 Å². The van der Waals surface area contributed by atoms with E-state index in [1.807, 2.05) is 12.3 Å². The van der Waals surface area contributed by atoms with Crippen LogP contribution in [0.5, 0.6) is 0 Å². The molecule has 0 N–H and O–H groups in total. The normalized spacial score (nSPS) is 12.0. The fourth-order valence-corrected chi connectivity index (χ4v) is 7.86. The van der Waals surface area contributed by atoms with Gasteiger partial charge in [-0.15, -0.1) is 0 Å². The third-order valence-corrected chi connectivity index (χ3v) is 10.1. The van der Waals surface area contributed by atoms with Crippen molar-refractivity contribution in [2.75, 3.05) is 0 Å². The molecule has 50 heavy (non-hydrogen) atoms. The summed E-state index contributed by atoms with van der Waals surface area (Å²) in [5, 5.41) is 7.05. The minimum absolute atomic E-state index is 0.637. The van der Waals surface area contributed by atoms with E-state index < -0.39 is 0 Å². The molecule has 0 aliphatic rings. The predicted molar refractivity (Wildman–Crippen MR) is 204 cm³/mol. The van der Waals surface area contributed by atoms with Crippen LogP contribution in [-0.4, -0.2) is 28.2 Å². The minimum Gasteiger partial charge on any atom is -0.317 e. The molecule has 11 aromatic rings. The van der Waals surface area contributed by atoms with Crippen LogP contribution in [-0.2, 0) is 0 Å². The van der Waals surface area contributed by atoms with E-state index >= 15 is 0 Å². The summed E-state index contributed by atoms with van der Waals surface area (Å²) < 4.78 is 9.00. The fourth-order valence-electron chi connectivity index (χ4n) is 7.86. The number of benzene rings is 6. The summed E-state index contributed by atoms with van der Waals surface area (Å²) in [6.45, 7) is 0. The lowest BCUT2D eigenvalue weighted by Crippen LogP contribution is -2.05. The van der Waals surface area contributed by atoms with Gasteiger partial charge in [0.2, 0.25) is 5.95 Å². The van der Waals surface area contributed by atoms with Crippen molar-refractivity contribution in [3.8, 4) is 23.1 Å². The third-order valence-electron chi connectivity index (χ3n) is 10.1. The SMILES string of the molecule is c1ccc(-n2ccc3cc4c(cc32)c2ccccc2n4-c2ccnc(-n3c4ccccc4c4cc5c(ccn5-c5ccccc5)cc43)n2)cc1. The Morgan fingerprint density at radius 3 is 1.46 bits per heavy atom. The van der Waals surface area contributed by atoms with Crippen LogP contribution in [0.4, 0.5) is 0 Å². The zero-order chi connectivity index (χ0) is 32.8. The quantitative estimate of drug-likeness (QED) is 0.192. The van der Waals surface area contributed by atoms with Gasteiger partial charge < -0.3 is 9.13 Å². The molecule has 0 unspecified atom stereocenters. The summed E-state index contributed by atoms with van der Waals surface area (Å²) in [4.78, 5) is 10.2. The van der Waals surface area contributed by atoms with Crippen LogP contribution in [0.1, 0.15) is 0 Å². The van der Waals surface area contributed by atoms with E-state index in [1.54, 1.807) is 0 Å². The van der Waals surface area contributed by atoms with Crippen molar-refractivity contribution in [1.82, 2.24) is 28.2 Å². The molecule has 0 amide bonds. The van der Waals surface area contributed by atoms with Crippen LogP contribution < -0.4 is 0 Å². The number of rotatable bonds is 4. The van der Waals surface area contributed by atoms with Crippen LogP contribution in [0.2, 0.25) is 0 Å². The largest absolute Gasteiger partial charge is 0.317 e. The second-order valence-electron chi connectivity index (χ2n) is 12.8. The smallest absolute Gasteiger partial charge is 0.236 e. The maximum Gasteiger partial charge on any atom is 0.236 e. The van der Waals surface area contributed by atoms with E-state index in [1.165, 1.54) is 38.0 Å². The molecule has 6 heteroatoms. The van der Waals surface area contributed by atoms with Crippen LogP contribution in [0.15, 0.2) is 170 Å². The molecule has 0 bridgehead atoms. The number of para-hydroxylation sites is 4. The van der Waals surface area contributed by atoms with Crippen molar-refractivity contribution in [3.63, 3.8) is 0 Å². The summed E-state index contributed by atoms with van der Waals surface area (Å²) in [7, 11) is 0. The Morgan fingerprint density at radius 2 is 0.880 bits per heavy atom. The third kappa shape index (κ3) is 3.84. The van der Waals surface area contributed by atoms with Crippen LogP contribution in [0, 0.1) is 0 Å². The summed E-state index contributed by atoms with van der Waals surface area (Å²) in [6.07, 6.45) is 6.19. The first-order valence-electron chi connectivity index (χ1n) is 16.8. The van der Waals surface area contributed by atoms with Crippen molar-refractivity contribution in [3.05, 3.63) is 170 Å². The highest BCUT2D eigenvalue weighted by molar-refractivity contribution is 6.14. The van der Waals surface area contributed by atoms with E-state index in [4.69, 9.17) is 9.97 Å². The molecule has 5 heterocycles. The summed E-state index contributed by atoms with van der Waals surface area (Å²) >= 11 is 0. The molecule has 234 valence electrons. The molecule has 6 nitrogen and oxygen atoms in total. The van der Waals surface area contributed by atoms with Gasteiger partial charge in [-0.3, -0.25) is 9.13 Å². The summed E-state index contributed by atoms with van der Waals surface area (Å²) in [6, 6.07) is 53.7. The van der Waals surface area contributed by atoms with Crippen LogP contribution >= 0.6 is 0 Å². The Bertz CT molecular complexity index is 2880. The topological polar surface area (TPSA) is 45.5 Å². The second kappa shape index (κ2) is 10.3. The highest BCUT2D eigenvalue weighted by atomic mass is 15.2. The van der Waals surface area contributed by atoms with Gasteiger partial charge in [0.25, 0.3) is 0 Å². The molecule has 11 rings (SSSR count). The van der Waals surface area contributed by atoms with E-state index in [-0.39, 0.29) is 0 Å². The van der Waals surface area contributed by atoms with Crippen molar-refractivity contribution < 1.29 is 0 Å². The second-order valence-corrected chi connectivity index (χ2v) is 12.8. The van der Waals surface area contributed by atoms with E-state index in [9.17, 15) is 0 Å². The van der Waals surface area contributed by atoms with Gasteiger partial charge in [0.05, 0.1) is 33.1 Å². The van der Waals surface area contributed by atoms with Gasteiger partial charge in [-0.1, -0.05) is 72.8 Å².